The van der Waals surface area contributed by atoms with E-state index in [1.807, 2.05) is 18.2 Å². The Morgan fingerprint density at radius 1 is 1.14 bits per heavy atom. The Kier molecular flexibility index (Phi) is 5.48. The number of amides is 1. The van der Waals surface area contributed by atoms with Gasteiger partial charge >= 0.3 is 0 Å². The van der Waals surface area contributed by atoms with E-state index in [0.29, 0.717) is 5.56 Å². The summed E-state index contributed by atoms with van der Waals surface area (Å²) in [4.78, 5) is 13.3. The van der Waals surface area contributed by atoms with Crippen LogP contribution >= 0.6 is 28.6 Å². The molecule has 1 N–H and O–H groups in total. The molecule has 0 aliphatic carbocycles. The van der Waals surface area contributed by atoms with Crippen LogP contribution in [-0.2, 0) is 12.8 Å². The molecule has 0 aromatic heterocycles. The van der Waals surface area contributed by atoms with Crippen LogP contribution < -0.4 is 5.32 Å². The molecule has 0 radical (unpaired) electrons. The molecule has 4 heteroatoms. The Morgan fingerprint density at radius 3 is 2.33 bits per heavy atom. The van der Waals surface area contributed by atoms with Gasteiger partial charge in [-0.3, -0.25) is 4.79 Å². The highest BCUT2D eigenvalue weighted by Crippen LogP contribution is 2.26. The second kappa shape index (κ2) is 7.14. The van der Waals surface area contributed by atoms with Crippen LogP contribution in [0.3, 0.4) is 0 Å². The van der Waals surface area contributed by atoms with Crippen LogP contribution in [0.5, 0.6) is 0 Å². The number of thiol groups is 1. The van der Waals surface area contributed by atoms with Gasteiger partial charge in [0.15, 0.2) is 0 Å². The number of carbonyl (C=O) groups is 1. The lowest BCUT2D eigenvalue weighted by Crippen LogP contribution is -2.15. The summed E-state index contributed by atoms with van der Waals surface area (Å²) in [7, 11) is 0. The number of halogens is 1. The fourth-order valence-corrected chi connectivity index (χ4v) is 2.90. The van der Waals surface area contributed by atoms with Crippen LogP contribution in [0.1, 0.15) is 35.3 Å². The zero-order valence-electron chi connectivity index (χ0n) is 12.1. The average Bonchev–Trinajstić information content (AvgIpc) is 2.49. The standard InChI is InChI=1S/C17H18BrNOS/c1-3-11-6-5-7-12(4-2)16(11)19-17(20)14-10-13(21)8-9-15(14)18/h5-10,21H,3-4H2,1-2H3,(H,19,20). The van der Waals surface area contributed by atoms with Gasteiger partial charge in [0.2, 0.25) is 0 Å². The van der Waals surface area contributed by atoms with Crippen molar-refractivity contribution in [1.82, 2.24) is 0 Å². The van der Waals surface area contributed by atoms with Gasteiger partial charge in [-0.25, -0.2) is 0 Å². The van der Waals surface area contributed by atoms with E-state index in [2.05, 4.69) is 59.9 Å². The van der Waals surface area contributed by atoms with Crippen LogP contribution in [0.4, 0.5) is 5.69 Å². The lowest BCUT2D eigenvalue weighted by atomic mass is 10.0. The Bertz CT molecular complexity index is 648. The average molecular weight is 364 g/mol. The van der Waals surface area contributed by atoms with Crippen LogP contribution in [0.15, 0.2) is 45.8 Å². The quantitative estimate of drug-likeness (QED) is 0.725. The van der Waals surface area contributed by atoms with E-state index in [0.717, 1.165) is 39.0 Å². The highest BCUT2D eigenvalue weighted by Gasteiger charge is 2.14. The van der Waals surface area contributed by atoms with Crippen molar-refractivity contribution in [1.29, 1.82) is 0 Å². The highest BCUT2D eigenvalue weighted by molar-refractivity contribution is 9.10. The molecule has 2 rings (SSSR count). The van der Waals surface area contributed by atoms with Crippen molar-refractivity contribution in [3.8, 4) is 0 Å². The van der Waals surface area contributed by atoms with Crippen LogP contribution in [0.25, 0.3) is 0 Å². The Hall–Kier alpha value is -1.26. The zero-order chi connectivity index (χ0) is 15.4. The molecule has 2 aromatic rings. The molecule has 0 aliphatic heterocycles. The summed E-state index contributed by atoms with van der Waals surface area (Å²) in [6.45, 7) is 4.18. The number of anilines is 1. The lowest BCUT2D eigenvalue weighted by Gasteiger charge is -2.15. The topological polar surface area (TPSA) is 29.1 Å². The fraction of sp³-hybridized carbons (Fsp3) is 0.235. The van der Waals surface area contributed by atoms with Gasteiger partial charge in [-0.15, -0.1) is 12.6 Å². The number of rotatable bonds is 4. The first-order valence-corrected chi connectivity index (χ1v) is 8.21. The van der Waals surface area contributed by atoms with Gasteiger partial charge in [0.05, 0.1) is 5.56 Å². The first kappa shape index (κ1) is 16.1. The molecule has 0 unspecified atom stereocenters. The van der Waals surface area contributed by atoms with Crippen molar-refractivity contribution in [3.05, 3.63) is 57.6 Å². The van der Waals surface area contributed by atoms with Crippen molar-refractivity contribution in [3.63, 3.8) is 0 Å². The number of benzene rings is 2. The molecule has 0 heterocycles. The second-order valence-corrected chi connectivity index (χ2v) is 6.15. The summed E-state index contributed by atoms with van der Waals surface area (Å²) >= 11 is 7.72. The van der Waals surface area contributed by atoms with Gasteiger partial charge in [0.1, 0.15) is 0 Å². The number of nitrogens with one attached hydrogen (secondary N) is 1. The maximum atomic E-state index is 12.5. The van der Waals surface area contributed by atoms with E-state index in [4.69, 9.17) is 0 Å². The number of carbonyl (C=O) groups excluding carboxylic acids is 1. The maximum Gasteiger partial charge on any atom is 0.256 e. The van der Waals surface area contributed by atoms with Crippen molar-refractivity contribution in [2.45, 2.75) is 31.6 Å². The van der Waals surface area contributed by atoms with Crippen molar-refractivity contribution in [2.24, 2.45) is 0 Å². The van der Waals surface area contributed by atoms with Crippen molar-refractivity contribution < 1.29 is 4.79 Å². The third-order valence-corrected chi connectivity index (χ3v) is 4.40. The first-order chi connectivity index (χ1) is 10.1. The van der Waals surface area contributed by atoms with E-state index in [1.54, 1.807) is 6.07 Å². The number of aryl methyl sites for hydroxylation is 2. The largest absolute Gasteiger partial charge is 0.321 e. The van der Waals surface area contributed by atoms with Gasteiger partial charge in [0, 0.05) is 15.1 Å². The minimum atomic E-state index is -0.117. The molecular formula is C17H18BrNOS. The van der Waals surface area contributed by atoms with E-state index >= 15 is 0 Å². The summed E-state index contributed by atoms with van der Waals surface area (Å²) in [5, 5.41) is 3.06. The van der Waals surface area contributed by atoms with Crippen LogP contribution in [-0.4, -0.2) is 5.91 Å². The third kappa shape index (κ3) is 3.69. The summed E-state index contributed by atoms with van der Waals surface area (Å²) < 4.78 is 0.768. The van der Waals surface area contributed by atoms with Crippen molar-refractivity contribution >= 4 is 40.2 Å². The summed E-state index contributed by atoms with van der Waals surface area (Å²) in [5.41, 5.74) is 3.83. The smallest absolute Gasteiger partial charge is 0.256 e. The van der Waals surface area contributed by atoms with Gasteiger partial charge in [-0.2, -0.15) is 0 Å². The van der Waals surface area contributed by atoms with Gasteiger partial charge < -0.3 is 5.32 Å². The molecule has 2 nitrogen and oxygen atoms in total. The van der Waals surface area contributed by atoms with Gasteiger partial charge in [-0.05, 0) is 58.1 Å². The molecule has 2 aromatic carbocycles. The Balaban J connectivity index is 2.38. The van der Waals surface area contributed by atoms with E-state index in [1.165, 1.54) is 0 Å². The first-order valence-electron chi connectivity index (χ1n) is 6.97. The summed E-state index contributed by atoms with van der Waals surface area (Å²) in [6.07, 6.45) is 1.77. The monoisotopic (exact) mass is 363 g/mol. The van der Waals surface area contributed by atoms with Crippen LogP contribution in [0, 0.1) is 0 Å². The Morgan fingerprint density at radius 2 is 1.76 bits per heavy atom. The van der Waals surface area contributed by atoms with Gasteiger partial charge in [0.25, 0.3) is 5.91 Å². The predicted molar refractivity (Wildman–Crippen MR) is 94.5 cm³/mol. The zero-order valence-corrected chi connectivity index (χ0v) is 14.6. The third-order valence-electron chi connectivity index (χ3n) is 3.43. The SMILES string of the molecule is CCc1cccc(CC)c1NC(=O)c1cc(S)ccc1Br. The van der Waals surface area contributed by atoms with Crippen molar-refractivity contribution in [2.75, 3.05) is 5.32 Å². The molecule has 21 heavy (non-hydrogen) atoms. The minimum Gasteiger partial charge on any atom is -0.321 e. The summed E-state index contributed by atoms with van der Waals surface area (Å²) in [5.74, 6) is -0.117. The molecule has 0 atom stereocenters. The number of para-hydroxylation sites is 1. The van der Waals surface area contributed by atoms with Crippen LogP contribution in [0.2, 0.25) is 0 Å². The molecule has 110 valence electrons. The molecular weight excluding hydrogens is 346 g/mol. The number of hydrogen-bond acceptors (Lipinski definition) is 2. The Labute approximate surface area is 139 Å². The predicted octanol–water partition coefficient (Wildman–Crippen LogP) is 5.11. The molecule has 1 amide bonds. The maximum absolute atomic E-state index is 12.5. The fourth-order valence-electron chi connectivity index (χ4n) is 2.27. The van der Waals surface area contributed by atoms with Gasteiger partial charge in [-0.1, -0.05) is 32.0 Å². The van der Waals surface area contributed by atoms with E-state index in [-0.39, 0.29) is 5.91 Å². The normalized spacial score (nSPS) is 10.5. The van der Waals surface area contributed by atoms with E-state index < -0.39 is 0 Å². The molecule has 0 aliphatic rings. The van der Waals surface area contributed by atoms with E-state index in [9.17, 15) is 4.79 Å². The lowest BCUT2D eigenvalue weighted by molar-refractivity contribution is 0.102. The second-order valence-electron chi connectivity index (χ2n) is 4.78. The highest BCUT2D eigenvalue weighted by atomic mass is 79.9. The molecule has 0 spiro atoms. The molecule has 0 saturated heterocycles. The number of hydrogen-bond donors (Lipinski definition) is 2. The molecule has 0 fully saturated rings. The molecule has 0 saturated carbocycles. The molecule has 0 bridgehead atoms. The summed E-state index contributed by atoms with van der Waals surface area (Å²) in [6, 6.07) is 11.6. The minimum absolute atomic E-state index is 0.117.